The molecule has 0 saturated carbocycles. The zero-order valence-corrected chi connectivity index (χ0v) is 36.5. The molecule has 8 N–H and O–H groups in total. The number of amides is 5. The Morgan fingerprint density at radius 2 is 1.08 bits per heavy atom. The number of primary amides is 2. The summed E-state index contributed by atoms with van der Waals surface area (Å²) in [5.41, 5.74) is 18.9. The summed E-state index contributed by atoms with van der Waals surface area (Å²) in [6, 6.07) is 24.0. The van der Waals surface area contributed by atoms with Crippen molar-refractivity contribution in [1.29, 1.82) is 0 Å². The van der Waals surface area contributed by atoms with Gasteiger partial charge in [-0.15, -0.1) is 0 Å². The fraction of sp³-hybridized carbons (Fsp3) is 0.302. The third kappa shape index (κ3) is 14.3. The van der Waals surface area contributed by atoms with Crippen LogP contribution in [-0.4, -0.2) is 105 Å². The van der Waals surface area contributed by atoms with Crippen LogP contribution in [0.25, 0.3) is 21.8 Å². The number of halogens is 2. The molecule has 0 atom stereocenters. The van der Waals surface area contributed by atoms with Gasteiger partial charge in [-0.25, -0.2) is 9.97 Å². The molecule has 6 rings (SSSR count). The molecule has 0 fully saturated rings. The average molecular weight is 920 g/mol. The quantitative estimate of drug-likeness (QED) is 0.0914. The van der Waals surface area contributed by atoms with Crippen LogP contribution in [0.2, 0.25) is 10.3 Å². The van der Waals surface area contributed by atoms with Crippen molar-refractivity contribution in [3.05, 3.63) is 118 Å². The number of carbonyl (C=O) groups excluding carboxylic acids is 5. The van der Waals surface area contributed by atoms with Gasteiger partial charge in [0.2, 0.25) is 17.7 Å². The summed E-state index contributed by atoms with van der Waals surface area (Å²) in [6.45, 7) is 6.94. The number of benzene rings is 2. The highest BCUT2D eigenvalue weighted by Gasteiger charge is 2.24. The van der Waals surface area contributed by atoms with Crippen molar-refractivity contribution in [1.82, 2.24) is 44.6 Å². The van der Waals surface area contributed by atoms with Gasteiger partial charge in [-0.2, -0.15) is 10.2 Å². The maximum atomic E-state index is 13.0. The number of nitrogens with one attached hydrogen (secondary N) is 1. The zero-order valence-electron chi connectivity index (χ0n) is 34.9. The van der Waals surface area contributed by atoms with Crippen molar-refractivity contribution < 1.29 is 33.9 Å². The predicted molar refractivity (Wildman–Crippen MR) is 243 cm³/mol. The lowest BCUT2D eigenvalue weighted by Crippen LogP contribution is -2.45. The van der Waals surface area contributed by atoms with E-state index in [0.29, 0.717) is 44.4 Å². The number of fused-ring (bicyclic) bond motifs is 2. The smallest absolute Gasteiger partial charge is 0.323 e. The summed E-state index contributed by atoms with van der Waals surface area (Å²) in [5, 5.41) is 21.9. The number of aromatic nitrogens is 6. The van der Waals surface area contributed by atoms with Gasteiger partial charge in [0.25, 0.3) is 11.8 Å². The number of carboxylic acid groups (broad SMARTS) is 1. The van der Waals surface area contributed by atoms with E-state index in [-0.39, 0.29) is 68.9 Å². The first-order valence-corrected chi connectivity index (χ1v) is 20.2. The second-order valence-corrected chi connectivity index (χ2v) is 15.1. The molecular weight excluding hydrogens is 867 g/mol. The molecule has 4 heterocycles. The Bertz CT molecular complexity index is 2600. The number of carbonyl (C=O) groups is 6. The molecule has 0 spiro atoms. The summed E-state index contributed by atoms with van der Waals surface area (Å²) in [5.74, 6) is -3.47. The maximum Gasteiger partial charge on any atom is 0.323 e. The van der Waals surface area contributed by atoms with Crippen molar-refractivity contribution in [2.24, 2.45) is 17.2 Å². The van der Waals surface area contributed by atoms with Crippen molar-refractivity contribution in [2.75, 3.05) is 13.1 Å². The number of carboxylic acids is 1. The Balaban J connectivity index is 0.000000289. The second-order valence-electron chi connectivity index (χ2n) is 14.3. The van der Waals surface area contributed by atoms with Gasteiger partial charge in [0, 0.05) is 29.4 Å². The van der Waals surface area contributed by atoms with Gasteiger partial charge in [-0.3, -0.25) is 38.1 Å². The highest BCUT2D eigenvalue weighted by molar-refractivity contribution is 6.29. The second kappa shape index (κ2) is 24.0. The normalized spacial score (nSPS) is 10.6. The maximum absolute atomic E-state index is 13.0. The molecule has 6 aromatic rings. The van der Waals surface area contributed by atoms with Crippen LogP contribution in [-0.2, 0) is 45.4 Å². The topological polar surface area (TPSA) is 281 Å². The van der Waals surface area contributed by atoms with Crippen molar-refractivity contribution in [2.45, 2.75) is 73.4 Å². The third-order valence-corrected chi connectivity index (χ3v) is 9.50. The Hall–Kier alpha value is -6.96. The minimum atomic E-state index is -1.09. The Morgan fingerprint density at radius 3 is 1.47 bits per heavy atom. The molecule has 19 nitrogen and oxygen atoms in total. The average Bonchev–Trinajstić information content (AvgIpc) is 3.80. The molecule has 0 aliphatic rings. The van der Waals surface area contributed by atoms with Crippen molar-refractivity contribution >= 4 is 80.5 Å². The lowest BCUT2D eigenvalue weighted by Gasteiger charge is -2.26. The van der Waals surface area contributed by atoms with E-state index < -0.39 is 30.2 Å². The Kier molecular flexibility index (Phi) is 19.3. The highest BCUT2D eigenvalue weighted by Crippen LogP contribution is 2.20. The lowest BCUT2D eigenvalue weighted by molar-refractivity contribution is -0.146. The molecular formula is C43H52Cl2N12O7. The van der Waals surface area contributed by atoms with E-state index in [4.69, 9.17) is 45.5 Å². The third-order valence-electron chi connectivity index (χ3n) is 9.08. The first kappa shape index (κ1) is 51.4. The van der Waals surface area contributed by atoms with E-state index in [1.165, 1.54) is 19.2 Å². The summed E-state index contributed by atoms with van der Waals surface area (Å²) in [6.07, 6.45) is 0. The number of nitrogens with zero attached hydrogens (tertiary/aromatic N) is 8. The number of pyridine rings is 2. The van der Waals surface area contributed by atoms with E-state index in [2.05, 4.69) is 25.5 Å². The van der Waals surface area contributed by atoms with Crippen LogP contribution < -0.4 is 22.5 Å². The minimum Gasteiger partial charge on any atom is -0.480 e. The van der Waals surface area contributed by atoms with Crippen LogP contribution in [0.3, 0.4) is 0 Å². The Labute approximate surface area is 379 Å². The minimum absolute atomic E-state index is 0. The van der Waals surface area contributed by atoms with E-state index in [1.54, 1.807) is 86.6 Å². The van der Waals surface area contributed by atoms with Gasteiger partial charge in [-0.1, -0.05) is 79.2 Å². The fourth-order valence-corrected chi connectivity index (χ4v) is 6.44. The van der Waals surface area contributed by atoms with Crippen LogP contribution in [0.15, 0.2) is 84.9 Å². The number of nitrogens with two attached hydrogens (primary N) is 3. The molecule has 5 amide bonds. The first-order valence-electron chi connectivity index (χ1n) is 19.4. The fourth-order valence-electron chi connectivity index (χ4n) is 6.07. The monoisotopic (exact) mass is 918 g/mol. The predicted octanol–water partition coefficient (Wildman–Crippen LogP) is 4.02. The summed E-state index contributed by atoms with van der Waals surface area (Å²) in [7, 11) is 0. The zero-order chi connectivity index (χ0) is 46.4. The molecule has 340 valence electrons. The molecule has 0 radical (unpaired) electrons. The van der Waals surface area contributed by atoms with Crippen LogP contribution in [0.4, 0.5) is 0 Å². The molecule has 0 bridgehead atoms. The van der Waals surface area contributed by atoms with E-state index in [9.17, 15) is 28.8 Å². The van der Waals surface area contributed by atoms with Crippen LogP contribution >= 0.6 is 23.2 Å². The molecule has 64 heavy (non-hydrogen) atoms. The number of rotatable bonds is 15. The van der Waals surface area contributed by atoms with Gasteiger partial charge in [-0.05, 0) is 64.1 Å². The highest BCUT2D eigenvalue weighted by atomic mass is 35.5. The van der Waals surface area contributed by atoms with Crippen molar-refractivity contribution in [3.8, 4) is 0 Å². The first-order chi connectivity index (χ1) is 29.9. The molecule has 0 saturated heterocycles. The number of para-hydroxylation sites is 2. The SMILES string of the molecule is C.CC(C)N(CC(=O)NCc1cccc(Cl)n1)C(=O)Cn1nc(C(N)=O)c2ccccc21.CC(C)N(CC(=O)O)C(=O)Cn1nc(C(N)=O)c2ccccc21.NCc1cccc(Cl)n1. The van der Waals surface area contributed by atoms with E-state index >= 15 is 0 Å². The Morgan fingerprint density at radius 1 is 0.656 bits per heavy atom. The van der Waals surface area contributed by atoms with Crippen LogP contribution in [0.1, 0.15) is 67.5 Å². The van der Waals surface area contributed by atoms with Crippen LogP contribution in [0.5, 0.6) is 0 Å². The van der Waals surface area contributed by atoms with E-state index in [1.807, 2.05) is 26.0 Å². The van der Waals surface area contributed by atoms with E-state index in [0.717, 1.165) is 5.69 Å². The van der Waals surface area contributed by atoms with Crippen LogP contribution in [0, 0.1) is 0 Å². The summed E-state index contributed by atoms with van der Waals surface area (Å²) < 4.78 is 2.80. The largest absolute Gasteiger partial charge is 0.480 e. The summed E-state index contributed by atoms with van der Waals surface area (Å²) in [4.78, 5) is 82.6. The molecule has 0 aliphatic carbocycles. The van der Waals surface area contributed by atoms with Gasteiger partial charge >= 0.3 is 5.97 Å². The standard InChI is InChI=1S/C21H23ClN6O3.C15H18N4O4.C6H7ClN2.CH4/c1-13(2)27(11-18(29)24-10-14-6-5-9-17(22)25-14)19(30)12-28-16-8-4-3-7-15(16)20(26-28)21(23)31;1-9(2)18(8-13(21)22)12(20)7-19-11-6-4-3-5-10(11)14(17-19)15(16)23;7-6-3-1-2-5(4-8)9-6;/h3-9,13H,10-12H2,1-2H3,(H2,23,31)(H,24,29);3-6,9H,7-8H2,1-2H3,(H2,16,23)(H,21,22);1-3H,4,8H2;1H4. The molecule has 0 unspecified atom stereocenters. The molecule has 4 aromatic heterocycles. The molecule has 21 heteroatoms. The summed E-state index contributed by atoms with van der Waals surface area (Å²) >= 11 is 11.4. The van der Waals surface area contributed by atoms with Gasteiger partial charge in [0.1, 0.15) is 29.9 Å². The van der Waals surface area contributed by atoms with Gasteiger partial charge in [0.15, 0.2) is 11.4 Å². The van der Waals surface area contributed by atoms with Gasteiger partial charge < -0.3 is 37.4 Å². The van der Waals surface area contributed by atoms with Crippen molar-refractivity contribution in [3.63, 3.8) is 0 Å². The number of hydrogen-bond donors (Lipinski definition) is 5. The van der Waals surface area contributed by atoms with Gasteiger partial charge in [0.05, 0.1) is 35.5 Å². The molecule has 2 aromatic carbocycles. The number of aliphatic carboxylic acids is 1. The molecule has 0 aliphatic heterocycles. The number of hydrogen-bond acceptors (Lipinski definition) is 11. The lowest BCUT2D eigenvalue weighted by atomic mass is 10.2.